The number of carboxylic acid groups (broad SMARTS) is 1. The van der Waals surface area contributed by atoms with Crippen molar-refractivity contribution < 1.29 is 9.90 Å². The highest BCUT2D eigenvalue weighted by molar-refractivity contribution is 5.86. The van der Waals surface area contributed by atoms with Gasteiger partial charge in [-0.25, -0.2) is 4.98 Å². The van der Waals surface area contributed by atoms with E-state index in [4.69, 9.17) is 0 Å². The molecule has 3 rings (SSSR count). The Hall–Kier alpha value is -2.88. The monoisotopic (exact) mass is 277 g/mol. The molecule has 0 radical (unpaired) electrons. The van der Waals surface area contributed by atoms with E-state index in [1.165, 1.54) is 6.08 Å². The summed E-state index contributed by atoms with van der Waals surface area (Å²) in [7, 11) is 0. The van der Waals surface area contributed by atoms with Crippen LogP contribution >= 0.6 is 0 Å². The molecule has 0 saturated carbocycles. The Morgan fingerprint density at radius 2 is 2.00 bits per heavy atom. The summed E-state index contributed by atoms with van der Waals surface area (Å²) in [6, 6.07) is 13.6. The first kappa shape index (κ1) is 13.1. The summed E-state index contributed by atoms with van der Waals surface area (Å²) < 4.78 is 1.87. The Morgan fingerprint density at radius 3 is 2.71 bits per heavy atom. The molecule has 2 aromatic heterocycles. The van der Waals surface area contributed by atoms with Crippen LogP contribution in [0.1, 0.15) is 11.3 Å². The molecule has 3 aromatic rings. The second kappa shape index (κ2) is 5.25. The van der Waals surface area contributed by atoms with Crippen LogP contribution in [0.4, 0.5) is 0 Å². The topological polar surface area (TPSA) is 57.4 Å². The number of pyridine rings is 1. The average Bonchev–Trinajstić information content (AvgIpc) is 2.83. The lowest BCUT2D eigenvalue weighted by atomic mass is 10.1. The second-order valence-electron chi connectivity index (χ2n) is 4.80. The number of hydrogen-bond donors (Lipinski definition) is 0. The molecule has 0 fully saturated rings. The minimum atomic E-state index is -1.23. The summed E-state index contributed by atoms with van der Waals surface area (Å²) in [4.78, 5) is 15.3. The third kappa shape index (κ3) is 2.56. The van der Waals surface area contributed by atoms with Gasteiger partial charge in [0.25, 0.3) is 0 Å². The highest BCUT2D eigenvalue weighted by Crippen LogP contribution is 2.25. The molecule has 4 nitrogen and oxygen atoms in total. The van der Waals surface area contributed by atoms with Gasteiger partial charge in [0.05, 0.1) is 17.4 Å². The summed E-state index contributed by atoms with van der Waals surface area (Å²) in [6.07, 6.45) is 4.43. The van der Waals surface area contributed by atoms with Gasteiger partial charge in [0, 0.05) is 11.8 Å². The number of aryl methyl sites for hydroxylation is 1. The lowest BCUT2D eigenvalue weighted by Crippen LogP contribution is -2.18. The second-order valence-corrected chi connectivity index (χ2v) is 4.80. The van der Waals surface area contributed by atoms with Crippen LogP contribution in [-0.4, -0.2) is 15.4 Å². The maximum atomic E-state index is 10.7. The zero-order valence-electron chi connectivity index (χ0n) is 11.5. The van der Waals surface area contributed by atoms with Gasteiger partial charge >= 0.3 is 0 Å². The standard InChI is InChI=1S/C17H14N2O2/c1-12-9-10-19-14(7-8-16(20)21)17(18-15(19)11-12)13-5-3-2-4-6-13/h2-11H,1H3,(H,20,21)/p-1/b8-7+. The Bertz CT molecular complexity index is 833. The van der Waals surface area contributed by atoms with Gasteiger partial charge in [0.2, 0.25) is 0 Å². The SMILES string of the molecule is Cc1ccn2c(/C=C/C(=O)[O-])c(-c3ccccc3)nc2c1. The van der Waals surface area contributed by atoms with E-state index in [9.17, 15) is 9.90 Å². The number of benzene rings is 1. The smallest absolute Gasteiger partial charge is 0.138 e. The number of aliphatic carboxylic acids is 1. The zero-order valence-corrected chi connectivity index (χ0v) is 11.5. The molecule has 0 aliphatic heterocycles. The van der Waals surface area contributed by atoms with Gasteiger partial charge in [-0.1, -0.05) is 30.3 Å². The maximum absolute atomic E-state index is 10.7. The summed E-state index contributed by atoms with van der Waals surface area (Å²) in [6.45, 7) is 1.99. The van der Waals surface area contributed by atoms with Crippen molar-refractivity contribution in [3.05, 3.63) is 66.0 Å². The number of hydrogen-bond acceptors (Lipinski definition) is 3. The molecule has 2 heterocycles. The van der Waals surface area contributed by atoms with E-state index < -0.39 is 5.97 Å². The predicted octanol–water partition coefficient (Wildman–Crippen LogP) is 2.07. The van der Waals surface area contributed by atoms with Gasteiger partial charge in [0.1, 0.15) is 5.65 Å². The summed E-state index contributed by atoms with van der Waals surface area (Å²) in [5.41, 5.74) is 4.30. The fourth-order valence-electron chi connectivity index (χ4n) is 2.28. The molecule has 0 aliphatic rings. The van der Waals surface area contributed by atoms with Crippen LogP contribution in [0.15, 0.2) is 54.7 Å². The van der Waals surface area contributed by atoms with Crippen molar-refractivity contribution in [2.24, 2.45) is 0 Å². The van der Waals surface area contributed by atoms with Crippen molar-refractivity contribution in [2.45, 2.75) is 6.92 Å². The fourth-order valence-corrected chi connectivity index (χ4v) is 2.28. The van der Waals surface area contributed by atoms with E-state index in [2.05, 4.69) is 4.98 Å². The molecule has 0 bridgehead atoms. The van der Waals surface area contributed by atoms with Crippen LogP contribution in [-0.2, 0) is 4.79 Å². The number of carboxylic acids is 1. The number of carbonyl (C=O) groups excluding carboxylic acids is 1. The third-order valence-corrected chi connectivity index (χ3v) is 3.24. The number of nitrogens with zero attached hydrogens (tertiary/aromatic N) is 2. The summed E-state index contributed by atoms with van der Waals surface area (Å²) in [5, 5.41) is 10.7. The first-order valence-electron chi connectivity index (χ1n) is 6.58. The van der Waals surface area contributed by atoms with Crippen molar-refractivity contribution in [3.63, 3.8) is 0 Å². The van der Waals surface area contributed by atoms with E-state index in [-0.39, 0.29) is 0 Å². The van der Waals surface area contributed by atoms with Crippen molar-refractivity contribution in [1.29, 1.82) is 0 Å². The Balaban J connectivity index is 2.27. The first-order valence-corrected chi connectivity index (χ1v) is 6.58. The van der Waals surface area contributed by atoms with Gasteiger partial charge in [-0.3, -0.25) is 4.40 Å². The molecule has 4 heteroatoms. The molecule has 21 heavy (non-hydrogen) atoms. The molecule has 0 unspecified atom stereocenters. The van der Waals surface area contributed by atoms with E-state index in [0.717, 1.165) is 34.2 Å². The van der Waals surface area contributed by atoms with Crippen molar-refractivity contribution in [2.75, 3.05) is 0 Å². The Labute approximate surface area is 122 Å². The molecule has 0 atom stereocenters. The Kier molecular flexibility index (Phi) is 3.28. The van der Waals surface area contributed by atoms with Crippen LogP contribution in [0.2, 0.25) is 0 Å². The van der Waals surface area contributed by atoms with Gasteiger partial charge in [-0.15, -0.1) is 0 Å². The van der Waals surface area contributed by atoms with E-state index in [1.54, 1.807) is 0 Å². The molecule has 0 aliphatic carbocycles. The van der Waals surface area contributed by atoms with E-state index in [1.807, 2.05) is 60.0 Å². The molecule has 0 spiro atoms. The van der Waals surface area contributed by atoms with Crippen LogP contribution in [0.25, 0.3) is 23.0 Å². The predicted molar refractivity (Wildman–Crippen MR) is 79.4 cm³/mol. The molecule has 0 saturated heterocycles. The van der Waals surface area contributed by atoms with Crippen LogP contribution in [0.3, 0.4) is 0 Å². The molecule has 0 N–H and O–H groups in total. The van der Waals surface area contributed by atoms with E-state index >= 15 is 0 Å². The summed E-state index contributed by atoms with van der Waals surface area (Å²) in [5.74, 6) is -1.23. The van der Waals surface area contributed by atoms with Gasteiger partial charge in [-0.05, 0) is 36.8 Å². The average molecular weight is 277 g/mol. The Morgan fingerprint density at radius 1 is 1.24 bits per heavy atom. The van der Waals surface area contributed by atoms with Gasteiger partial charge in [0.15, 0.2) is 0 Å². The van der Waals surface area contributed by atoms with Crippen molar-refractivity contribution in [1.82, 2.24) is 9.38 Å². The van der Waals surface area contributed by atoms with E-state index in [0.29, 0.717) is 0 Å². The third-order valence-electron chi connectivity index (χ3n) is 3.24. The number of imidazole rings is 1. The minimum Gasteiger partial charge on any atom is -0.545 e. The molecule has 104 valence electrons. The van der Waals surface area contributed by atoms with Crippen molar-refractivity contribution >= 4 is 17.7 Å². The number of aromatic nitrogens is 2. The number of fused-ring (bicyclic) bond motifs is 1. The van der Waals surface area contributed by atoms with Gasteiger partial charge in [-0.2, -0.15) is 0 Å². The largest absolute Gasteiger partial charge is 0.545 e. The fraction of sp³-hybridized carbons (Fsp3) is 0.0588. The maximum Gasteiger partial charge on any atom is 0.138 e. The van der Waals surface area contributed by atoms with Crippen molar-refractivity contribution in [3.8, 4) is 11.3 Å². The van der Waals surface area contributed by atoms with Gasteiger partial charge < -0.3 is 9.90 Å². The van der Waals surface area contributed by atoms with Crippen LogP contribution in [0.5, 0.6) is 0 Å². The zero-order chi connectivity index (χ0) is 14.8. The normalized spacial score (nSPS) is 11.3. The van der Waals surface area contributed by atoms with Crippen LogP contribution < -0.4 is 5.11 Å². The first-order chi connectivity index (χ1) is 10.1. The minimum absolute atomic E-state index is 0.723. The lowest BCUT2D eigenvalue weighted by molar-refractivity contribution is -0.297. The quantitative estimate of drug-likeness (QED) is 0.689. The summed E-state index contributed by atoms with van der Waals surface area (Å²) >= 11 is 0. The molecule has 0 amide bonds. The lowest BCUT2D eigenvalue weighted by Gasteiger charge is -2.01. The molecule has 1 aromatic carbocycles. The number of rotatable bonds is 3. The highest BCUT2D eigenvalue weighted by Gasteiger charge is 2.11. The van der Waals surface area contributed by atoms with Crippen LogP contribution in [0, 0.1) is 6.92 Å². The molecular weight excluding hydrogens is 264 g/mol. The molecular formula is C17H13N2O2-. The number of carbonyl (C=O) groups is 1. The highest BCUT2D eigenvalue weighted by atomic mass is 16.4.